The molecule has 2 unspecified atom stereocenters. The topological polar surface area (TPSA) is 23.6 Å². The molecule has 3 heteroatoms. The van der Waals surface area contributed by atoms with Gasteiger partial charge in [0.15, 0.2) is 0 Å². The van der Waals surface area contributed by atoms with E-state index in [1.807, 2.05) is 0 Å². The molecule has 18 heavy (non-hydrogen) atoms. The van der Waals surface area contributed by atoms with Crippen molar-refractivity contribution >= 4 is 5.78 Å². The van der Waals surface area contributed by atoms with E-state index in [2.05, 4.69) is 23.6 Å². The minimum absolute atomic E-state index is 0.330. The molecule has 0 aromatic carbocycles. The monoisotopic (exact) mass is 252 g/mol. The number of likely N-dealkylation sites (N-methyl/N-ethyl adjacent to an activating group) is 1. The normalized spacial score (nSPS) is 31.8. The first kappa shape index (κ1) is 14.0. The van der Waals surface area contributed by atoms with Gasteiger partial charge in [0, 0.05) is 45.1 Å². The third-order valence-electron chi connectivity index (χ3n) is 4.84. The van der Waals surface area contributed by atoms with E-state index in [0.29, 0.717) is 11.7 Å². The van der Waals surface area contributed by atoms with Crippen LogP contribution in [0.3, 0.4) is 0 Å². The Hall–Kier alpha value is -0.410. The maximum Gasteiger partial charge on any atom is 0.137 e. The number of hydrogen-bond donors (Lipinski definition) is 0. The lowest BCUT2D eigenvalue weighted by atomic mass is 9.79. The van der Waals surface area contributed by atoms with E-state index in [1.165, 1.54) is 19.5 Å². The molecule has 1 saturated heterocycles. The van der Waals surface area contributed by atoms with Gasteiger partial charge < -0.3 is 9.80 Å². The maximum absolute atomic E-state index is 12.0. The second kappa shape index (κ2) is 6.67. The molecule has 2 aliphatic rings. The van der Waals surface area contributed by atoms with Gasteiger partial charge in [-0.15, -0.1) is 0 Å². The molecule has 2 atom stereocenters. The summed E-state index contributed by atoms with van der Waals surface area (Å²) in [5, 5.41) is 0. The van der Waals surface area contributed by atoms with E-state index < -0.39 is 0 Å². The van der Waals surface area contributed by atoms with Crippen molar-refractivity contribution in [3.05, 3.63) is 0 Å². The number of hydrogen-bond acceptors (Lipinski definition) is 3. The predicted molar refractivity (Wildman–Crippen MR) is 74.7 cm³/mol. The lowest BCUT2D eigenvalue weighted by Gasteiger charge is -2.37. The number of ketones is 1. The molecule has 0 aromatic rings. The van der Waals surface area contributed by atoms with Crippen LogP contribution in [0.15, 0.2) is 0 Å². The van der Waals surface area contributed by atoms with Crippen molar-refractivity contribution in [2.24, 2.45) is 11.8 Å². The number of carbonyl (C=O) groups is 1. The summed E-state index contributed by atoms with van der Waals surface area (Å²) in [6.45, 7) is 11.3. The van der Waals surface area contributed by atoms with Gasteiger partial charge >= 0.3 is 0 Å². The zero-order valence-corrected chi connectivity index (χ0v) is 12.0. The third-order valence-corrected chi connectivity index (χ3v) is 4.84. The van der Waals surface area contributed by atoms with Crippen LogP contribution in [0.25, 0.3) is 0 Å². The van der Waals surface area contributed by atoms with E-state index in [1.54, 1.807) is 0 Å². The summed E-state index contributed by atoms with van der Waals surface area (Å²) in [6, 6.07) is 0. The Morgan fingerprint density at radius 3 is 2.39 bits per heavy atom. The quantitative estimate of drug-likeness (QED) is 0.765. The van der Waals surface area contributed by atoms with Gasteiger partial charge in [-0.3, -0.25) is 4.79 Å². The van der Waals surface area contributed by atoms with Crippen LogP contribution in [0, 0.1) is 11.8 Å². The highest BCUT2D eigenvalue weighted by Gasteiger charge is 2.30. The minimum atomic E-state index is 0.330. The van der Waals surface area contributed by atoms with Crippen molar-refractivity contribution in [3.63, 3.8) is 0 Å². The molecule has 1 aliphatic heterocycles. The molecule has 0 aromatic heterocycles. The predicted octanol–water partition coefficient (Wildman–Crippen LogP) is 2.02. The SMILES string of the molecule is CCC1CCC(=O)C(CN2CCN(CC)CC2)C1. The lowest BCUT2D eigenvalue weighted by molar-refractivity contribution is -0.126. The molecule has 1 saturated carbocycles. The van der Waals surface area contributed by atoms with E-state index in [9.17, 15) is 4.79 Å². The van der Waals surface area contributed by atoms with Crippen LogP contribution in [0.1, 0.15) is 39.5 Å². The Morgan fingerprint density at radius 2 is 1.78 bits per heavy atom. The first-order valence-electron chi connectivity index (χ1n) is 7.70. The highest BCUT2D eigenvalue weighted by molar-refractivity contribution is 5.81. The fourth-order valence-electron chi connectivity index (χ4n) is 3.35. The smallest absolute Gasteiger partial charge is 0.137 e. The minimum Gasteiger partial charge on any atom is -0.301 e. The summed E-state index contributed by atoms with van der Waals surface area (Å²) >= 11 is 0. The van der Waals surface area contributed by atoms with E-state index in [-0.39, 0.29) is 0 Å². The molecule has 1 aliphatic carbocycles. The number of Topliss-reactive ketones (excluding diaryl/α,β-unsaturated/α-hetero) is 1. The van der Waals surface area contributed by atoms with Gasteiger partial charge in [-0.2, -0.15) is 0 Å². The molecule has 0 bridgehead atoms. The van der Waals surface area contributed by atoms with Crippen LogP contribution in [0.2, 0.25) is 0 Å². The summed E-state index contributed by atoms with van der Waals surface area (Å²) in [4.78, 5) is 17.0. The second-order valence-corrected chi connectivity index (χ2v) is 5.95. The van der Waals surface area contributed by atoms with Crippen molar-refractivity contribution in [2.75, 3.05) is 39.3 Å². The lowest BCUT2D eigenvalue weighted by Crippen LogP contribution is -2.48. The molecule has 2 fully saturated rings. The standard InChI is InChI=1S/C15H28N2O/c1-3-13-5-6-15(18)14(11-13)12-17-9-7-16(4-2)8-10-17/h13-14H,3-12H2,1-2H3. The van der Waals surface area contributed by atoms with Crippen LogP contribution in [-0.2, 0) is 4.79 Å². The molecule has 3 nitrogen and oxygen atoms in total. The second-order valence-electron chi connectivity index (χ2n) is 5.95. The fourth-order valence-corrected chi connectivity index (χ4v) is 3.35. The summed E-state index contributed by atoms with van der Waals surface area (Å²) in [6.07, 6.45) is 4.35. The third kappa shape index (κ3) is 3.55. The molecule has 2 rings (SSSR count). The van der Waals surface area contributed by atoms with Gasteiger partial charge in [0.25, 0.3) is 0 Å². The summed E-state index contributed by atoms with van der Waals surface area (Å²) < 4.78 is 0. The van der Waals surface area contributed by atoms with Crippen molar-refractivity contribution in [3.8, 4) is 0 Å². The van der Waals surface area contributed by atoms with Crippen molar-refractivity contribution in [1.29, 1.82) is 0 Å². The largest absolute Gasteiger partial charge is 0.301 e. The molecule has 1 heterocycles. The van der Waals surface area contributed by atoms with E-state index in [4.69, 9.17) is 0 Å². The zero-order chi connectivity index (χ0) is 13.0. The Morgan fingerprint density at radius 1 is 1.11 bits per heavy atom. The maximum atomic E-state index is 12.0. The first-order valence-corrected chi connectivity index (χ1v) is 7.70. The van der Waals surface area contributed by atoms with Gasteiger partial charge in [0.05, 0.1) is 0 Å². The molecule has 0 radical (unpaired) electrons. The summed E-state index contributed by atoms with van der Waals surface area (Å²) in [7, 11) is 0. The molecular weight excluding hydrogens is 224 g/mol. The number of nitrogens with zero attached hydrogens (tertiary/aromatic N) is 2. The van der Waals surface area contributed by atoms with Crippen LogP contribution in [0.5, 0.6) is 0 Å². The average Bonchev–Trinajstić information content (AvgIpc) is 2.42. The van der Waals surface area contributed by atoms with Crippen LogP contribution < -0.4 is 0 Å². The van der Waals surface area contributed by atoms with Crippen LogP contribution in [0.4, 0.5) is 0 Å². The molecule has 0 N–H and O–H groups in total. The van der Waals surface area contributed by atoms with Crippen molar-refractivity contribution in [1.82, 2.24) is 9.80 Å². The molecule has 0 spiro atoms. The summed E-state index contributed by atoms with van der Waals surface area (Å²) in [5.74, 6) is 1.65. The fraction of sp³-hybridized carbons (Fsp3) is 0.933. The Labute approximate surface area is 112 Å². The molecular formula is C15H28N2O. The Kier molecular flexibility index (Phi) is 5.19. The number of piperazine rings is 1. The first-order chi connectivity index (χ1) is 8.72. The van der Waals surface area contributed by atoms with Crippen LogP contribution in [-0.4, -0.2) is 54.9 Å². The number of carbonyl (C=O) groups excluding carboxylic acids is 1. The van der Waals surface area contributed by atoms with Crippen molar-refractivity contribution in [2.45, 2.75) is 39.5 Å². The average molecular weight is 252 g/mol. The Bertz CT molecular complexity index is 272. The highest BCUT2D eigenvalue weighted by atomic mass is 16.1. The van der Waals surface area contributed by atoms with Gasteiger partial charge in [0.1, 0.15) is 5.78 Å². The van der Waals surface area contributed by atoms with Gasteiger partial charge in [0.2, 0.25) is 0 Å². The van der Waals surface area contributed by atoms with E-state index in [0.717, 1.165) is 51.4 Å². The summed E-state index contributed by atoms with van der Waals surface area (Å²) in [5.41, 5.74) is 0. The highest BCUT2D eigenvalue weighted by Crippen LogP contribution is 2.29. The van der Waals surface area contributed by atoms with Crippen molar-refractivity contribution < 1.29 is 4.79 Å². The Balaban J connectivity index is 1.79. The van der Waals surface area contributed by atoms with Gasteiger partial charge in [-0.05, 0) is 25.3 Å². The van der Waals surface area contributed by atoms with E-state index >= 15 is 0 Å². The molecule has 0 amide bonds. The van der Waals surface area contributed by atoms with Gasteiger partial charge in [-0.25, -0.2) is 0 Å². The molecule has 104 valence electrons. The number of rotatable bonds is 4. The van der Waals surface area contributed by atoms with Crippen LogP contribution >= 0.6 is 0 Å². The zero-order valence-electron chi connectivity index (χ0n) is 12.0. The van der Waals surface area contributed by atoms with Gasteiger partial charge in [-0.1, -0.05) is 20.3 Å².